The molecular formula is C15H18FN3O. The first-order chi connectivity index (χ1) is 9.53. The fourth-order valence-corrected chi connectivity index (χ4v) is 2.36. The highest BCUT2D eigenvalue weighted by Crippen LogP contribution is 2.21. The summed E-state index contributed by atoms with van der Waals surface area (Å²) in [6.45, 7) is 1.59. The van der Waals surface area contributed by atoms with Crippen LogP contribution in [0.4, 0.5) is 4.39 Å². The molecule has 2 rings (SSSR count). The first-order valence-corrected chi connectivity index (χ1v) is 6.68. The molecule has 0 aliphatic carbocycles. The van der Waals surface area contributed by atoms with Crippen LogP contribution in [0.5, 0.6) is 0 Å². The van der Waals surface area contributed by atoms with Gasteiger partial charge in [-0.05, 0) is 37.6 Å². The number of amides is 1. The van der Waals surface area contributed by atoms with Crippen molar-refractivity contribution >= 4 is 5.91 Å². The van der Waals surface area contributed by atoms with Gasteiger partial charge in [0.2, 0.25) is 5.91 Å². The van der Waals surface area contributed by atoms with Crippen LogP contribution < -0.4 is 5.32 Å². The third-order valence-corrected chi connectivity index (χ3v) is 3.71. The minimum Gasteiger partial charge on any atom is -0.337 e. The molecule has 5 heteroatoms. The zero-order valence-electron chi connectivity index (χ0n) is 11.5. The van der Waals surface area contributed by atoms with E-state index in [1.807, 2.05) is 7.05 Å². The van der Waals surface area contributed by atoms with Gasteiger partial charge in [-0.1, -0.05) is 12.1 Å². The topological polar surface area (TPSA) is 56.1 Å². The number of hydrogen-bond acceptors (Lipinski definition) is 3. The van der Waals surface area contributed by atoms with Crippen molar-refractivity contribution in [2.45, 2.75) is 24.8 Å². The van der Waals surface area contributed by atoms with E-state index < -0.39 is 5.54 Å². The number of likely N-dealkylation sites (tertiary alicyclic amines) is 1. The molecule has 1 fully saturated rings. The van der Waals surface area contributed by atoms with E-state index in [4.69, 9.17) is 0 Å². The van der Waals surface area contributed by atoms with E-state index >= 15 is 0 Å². The number of piperidine rings is 1. The van der Waals surface area contributed by atoms with Crippen molar-refractivity contribution in [3.05, 3.63) is 35.6 Å². The summed E-state index contributed by atoms with van der Waals surface area (Å²) in [5.74, 6) is -0.513. The van der Waals surface area contributed by atoms with E-state index in [2.05, 4.69) is 16.3 Å². The minimum absolute atomic E-state index is 0.166. The molecule has 1 aromatic rings. The molecule has 1 N–H and O–H groups in total. The molecule has 0 radical (unpaired) electrons. The molecule has 1 aliphatic heterocycles. The maximum absolute atomic E-state index is 12.8. The third kappa shape index (κ3) is 3.55. The lowest BCUT2D eigenvalue weighted by Crippen LogP contribution is -2.54. The minimum atomic E-state index is -0.760. The van der Waals surface area contributed by atoms with Crippen LogP contribution in [0.1, 0.15) is 18.4 Å². The van der Waals surface area contributed by atoms with Crippen LogP contribution in [-0.2, 0) is 11.2 Å². The number of halogens is 1. The predicted molar refractivity (Wildman–Crippen MR) is 73.3 cm³/mol. The maximum atomic E-state index is 12.8. The molecule has 4 nitrogen and oxygen atoms in total. The van der Waals surface area contributed by atoms with Gasteiger partial charge in [-0.15, -0.1) is 0 Å². The standard InChI is InChI=1S/C15H18FN3O/c1-19-8-6-15(11-17,7-9-19)18-14(20)10-12-2-4-13(16)5-3-12/h2-5H,6-10H2,1H3,(H,18,20). The average Bonchev–Trinajstić information content (AvgIpc) is 2.44. The number of nitrogens with one attached hydrogen (secondary N) is 1. The number of rotatable bonds is 3. The normalized spacial score (nSPS) is 18.2. The van der Waals surface area contributed by atoms with E-state index in [0.29, 0.717) is 12.8 Å². The second-order valence-corrected chi connectivity index (χ2v) is 5.35. The number of carbonyl (C=O) groups excluding carboxylic acids is 1. The van der Waals surface area contributed by atoms with Crippen LogP contribution in [0.15, 0.2) is 24.3 Å². The van der Waals surface area contributed by atoms with Gasteiger partial charge in [-0.2, -0.15) is 5.26 Å². The third-order valence-electron chi connectivity index (χ3n) is 3.71. The van der Waals surface area contributed by atoms with Crippen LogP contribution >= 0.6 is 0 Å². The first-order valence-electron chi connectivity index (χ1n) is 6.68. The van der Waals surface area contributed by atoms with E-state index in [-0.39, 0.29) is 18.1 Å². The molecule has 0 spiro atoms. The Hall–Kier alpha value is -1.93. The van der Waals surface area contributed by atoms with Gasteiger partial charge in [0.1, 0.15) is 11.4 Å². The Morgan fingerprint density at radius 2 is 2.00 bits per heavy atom. The molecule has 0 saturated carbocycles. The highest BCUT2D eigenvalue weighted by Gasteiger charge is 2.35. The fraction of sp³-hybridized carbons (Fsp3) is 0.467. The van der Waals surface area contributed by atoms with Crippen molar-refractivity contribution in [1.29, 1.82) is 5.26 Å². The molecule has 20 heavy (non-hydrogen) atoms. The van der Waals surface area contributed by atoms with Crippen LogP contribution in [-0.4, -0.2) is 36.5 Å². The monoisotopic (exact) mass is 275 g/mol. The van der Waals surface area contributed by atoms with Crippen molar-refractivity contribution in [2.75, 3.05) is 20.1 Å². The summed E-state index contributed by atoms with van der Waals surface area (Å²) >= 11 is 0. The lowest BCUT2D eigenvalue weighted by Gasteiger charge is -2.36. The Bertz CT molecular complexity index is 513. The Morgan fingerprint density at radius 1 is 1.40 bits per heavy atom. The zero-order valence-corrected chi connectivity index (χ0v) is 11.5. The molecule has 1 saturated heterocycles. The van der Waals surface area contributed by atoms with Crippen molar-refractivity contribution in [1.82, 2.24) is 10.2 Å². The van der Waals surface area contributed by atoms with Crippen molar-refractivity contribution in [3.8, 4) is 6.07 Å². The van der Waals surface area contributed by atoms with Crippen molar-refractivity contribution in [2.24, 2.45) is 0 Å². The number of nitriles is 1. The van der Waals surface area contributed by atoms with Crippen LogP contribution in [0.2, 0.25) is 0 Å². The fourth-order valence-electron chi connectivity index (χ4n) is 2.36. The SMILES string of the molecule is CN1CCC(C#N)(NC(=O)Cc2ccc(F)cc2)CC1. The van der Waals surface area contributed by atoms with Crippen molar-refractivity contribution in [3.63, 3.8) is 0 Å². The zero-order chi connectivity index (χ0) is 14.6. The van der Waals surface area contributed by atoms with Gasteiger partial charge in [0.05, 0.1) is 12.5 Å². The number of benzene rings is 1. The predicted octanol–water partition coefficient (Wildman–Crippen LogP) is 1.47. The van der Waals surface area contributed by atoms with Crippen LogP contribution in [0.25, 0.3) is 0 Å². The molecule has 1 aliphatic rings. The maximum Gasteiger partial charge on any atom is 0.225 e. The second kappa shape index (κ2) is 6.02. The highest BCUT2D eigenvalue weighted by atomic mass is 19.1. The molecule has 0 unspecified atom stereocenters. The molecule has 1 aromatic carbocycles. The molecule has 1 amide bonds. The second-order valence-electron chi connectivity index (χ2n) is 5.35. The van der Waals surface area contributed by atoms with E-state index in [1.165, 1.54) is 12.1 Å². The highest BCUT2D eigenvalue weighted by molar-refractivity contribution is 5.79. The summed E-state index contributed by atoms with van der Waals surface area (Å²) < 4.78 is 12.8. The van der Waals surface area contributed by atoms with E-state index in [1.54, 1.807) is 12.1 Å². The summed E-state index contributed by atoms with van der Waals surface area (Å²) in [6.07, 6.45) is 1.43. The Balaban J connectivity index is 1.96. The van der Waals surface area contributed by atoms with Crippen molar-refractivity contribution < 1.29 is 9.18 Å². The van der Waals surface area contributed by atoms with Gasteiger partial charge < -0.3 is 10.2 Å². The molecule has 0 aromatic heterocycles. The Morgan fingerprint density at radius 3 is 2.55 bits per heavy atom. The average molecular weight is 275 g/mol. The van der Waals surface area contributed by atoms with Gasteiger partial charge in [0.25, 0.3) is 0 Å². The molecule has 0 bridgehead atoms. The summed E-state index contributed by atoms with van der Waals surface area (Å²) in [4.78, 5) is 14.2. The largest absolute Gasteiger partial charge is 0.337 e. The van der Waals surface area contributed by atoms with Gasteiger partial charge in [-0.25, -0.2) is 4.39 Å². The Kier molecular flexibility index (Phi) is 4.35. The number of carbonyl (C=O) groups is 1. The summed E-state index contributed by atoms with van der Waals surface area (Å²) in [7, 11) is 2.00. The number of hydrogen-bond donors (Lipinski definition) is 1. The molecule has 0 atom stereocenters. The summed E-state index contributed by atoms with van der Waals surface area (Å²) in [5.41, 5.74) is -0.0196. The van der Waals surface area contributed by atoms with Gasteiger partial charge in [0.15, 0.2) is 0 Å². The van der Waals surface area contributed by atoms with E-state index in [9.17, 15) is 14.4 Å². The Labute approximate surface area is 118 Å². The van der Waals surface area contributed by atoms with E-state index in [0.717, 1.165) is 18.7 Å². The van der Waals surface area contributed by atoms with Gasteiger partial charge in [-0.3, -0.25) is 4.79 Å². The first kappa shape index (κ1) is 14.5. The quantitative estimate of drug-likeness (QED) is 0.909. The lowest BCUT2D eigenvalue weighted by atomic mass is 9.89. The summed E-state index contributed by atoms with van der Waals surface area (Å²) in [5, 5.41) is 12.2. The molecular weight excluding hydrogens is 257 g/mol. The van der Waals surface area contributed by atoms with Gasteiger partial charge >= 0.3 is 0 Å². The smallest absolute Gasteiger partial charge is 0.225 e. The molecule has 1 heterocycles. The lowest BCUT2D eigenvalue weighted by molar-refractivity contribution is -0.122. The number of nitrogens with zero attached hydrogens (tertiary/aromatic N) is 2. The molecule has 106 valence electrons. The summed E-state index contributed by atoms with van der Waals surface area (Å²) in [6, 6.07) is 8.08. The van der Waals surface area contributed by atoms with Gasteiger partial charge in [0, 0.05) is 13.1 Å². The van der Waals surface area contributed by atoms with Crippen LogP contribution in [0, 0.1) is 17.1 Å². The van der Waals surface area contributed by atoms with Crippen LogP contribution in [0.3, 0.4) is 0 Å².